The first-order valence-corrected chi connectivity index (χ1v) is 3.67. The van der Waals surface area contributed by atoms with Crippen LogP contribution in [-0.2, 0) is 0 Å². The van der Waals surface area contributed by atoms with E-state index in [0.717, 1.165) is 0 Å². The summed E-state index contributed by atoms with van der Waals surface area (Å²) in [5.74, 6) is 0. The van der Waals surface area contributed by atoms with E-state index in [1.54, 1.807) is 0 Å². The highest BCUT2D eigenvalue weighted by Crippen LogP contribution is 2.32. The largest absolute Gasteiger partial charge is 0.416 e. The van der Waals surface area contributed by atoms with Gasteiger partial charge in [-0.15, -0.1) is 0 Å². The Morgan fingerprint density at radius 3 is 1.62 bits per heavy atom. The Morgan fingerprint density at radius 1 is 1.15 bits per heavy atom. The Labute approximate surface area is 75.5 Å². The number of nitrogens with one attached hydrogen (secondary N) is 1. The SMILES string of the molecule is C=C(C)/C(=C(/C)C(C)=N)C(F)(F)F. The molecule has 0 saturated heterocycles. The Balaban J connectivity index is 5.40. The fraction of sp³-hybridized carbons (Fsp3) is 0.444. The van der Waals surface area contributed by atoms with Crippen LogP contribution in [0.4, 0.5) is 13.2 Å². The fourth-order valence-electron chi connectivity index (χ4n) is 0.962. The van der Waals surface area contributed by atoms with Crippen LogP contribution in [0.1, 0.15) is 20.8 Å². The van der Waals surface area contributed by atoms with E-state index in [9.17, 15) is 13.2 Å². The molecule has 0 radical (unpaired) electrons. The Morgan fingerprint density at radius 2 is 1.54 bits per heavy atom. The molecule has 0 aliphatic carbocycles. The van der Waals surface area contributed by atoms with Gasteiger partial charge in [-0.2, -0.15) is 13.2 Å². The van der Waals surface area contributed by atoms with Crippen LogP contribution in [0.2, 0.25) is 0 Å². The molecular formula is C9H12F3N. The molecule has 1 nitrogen and oxygen atoms in total. The standard InChI is InChI=1S/C9H12F3N/c1-5(2)8(9(10,11)12)6(3)7(4)13/h13H,1H2,2-4H3/b8-6+,13-7?. The number of halogens is 3. The molecule has 74 valence electrons. The van der Waals surface area contributed by atoms with Gasteiger partial charge >= 0.3 is 6.18 Å². The summed E-state index contributed by atoms with van der Waals surface area (Å²) >= 11 is 0. The molecule has 0 bridgehead atoms. The molecule has 1 N–H and O–H groups in total. The Bertz CT molecular complexity index is 271. The van der Waals surface area contributed by atoms with Crippen LogP contribution in [0.5, 0.6) is 0 Å². The zero-order chi connectivity index (χ0) is 10.8. The van der Waals surface area contributed by atoms with E-state index in [0.29, 0.717) is 0 Å². The Kier molecular flexibility index (Phi) is 3.46. The third-order valence-electron chi connectivity index (χ3n) is 1.65. The molecule has 0 spiro atoms. The first kappa shape index (κ1) is 11.9. The van der Waals surface area contributed by atoms with Gasteiger partial charge in [-0.05, 0) is 31.9 Å². The molecule has 0 unspecified atom stereocenters. The second kappa shape index (κ2) is 3.77. The van der Waals surface area contributed by atoms with Gasteiger partial charge in [0.15, 0.2) is 0 Å². The van der Waals surface area contributed by atoms with Crippen LogP contribution in [0.15, 0.2) is 23.3 Å². The Hall–Kier alpha value is -1.06. The third-order valence-corrected chi connectivity index (χ3v) is 1.65. The van der Waals surface area contributed by atoms with Crippen molar-refractivity contribution in [3.63, 3.8) is 0 Å². The van der Waals surface area contributed by atoms with Gasteiger partial charge in [-0.3, -0.25) is 0 Å². The van der Waals surface area contributed by atoms with Crippen molar-refractivity contribution in [2.24, 2.45) is 0 Å². The van der Waals surface area contributed by atoms with Crippen molar-refractivity contribution in [3.8, 4) is 0 Å². The summed E-state index contributed by atoms with van der Waals surface area (Å²) in [4.78, 5) is 0. The first-order valence-electron chi connectivity index (χ1n) is 3.67. The number of allylic oxidation sites excluding steroid dienone is 3. The van der Waals surface area contributed by atoms with E-state index in [4.69, 9.17) is 5.41 Å². The number of hydrogen-bond acceptors (Lipinski definition) is 1. The maximum atomic E-state index is 12.4. The zero-order valence-electron chi connectivity index (χ0n) is 7.84. The minimum atomic E-state index is -4.42. The minimum absolute atomic E-state index is 0.0587. The van der Waals surface area contributed by atoms with Gasteiger partial charge in [-0.25, -0.2) is 0 Å². The van der Waals surface area contributed by atoms with Crippen molar-refractivity contribution >= 4 is 5.71 Å². The van der Waals surface area contributed by atoms with Gasteiger partial charge in [-0.1, -0.05) is 6.58 Å². The molecule has 0 aliphatic rings. The van der Waals surface area contributed by atoms with Crippen molar-refractivity contribution in [1.29, 1.82) is 5.41 Å². The maximum Gasteiger partial charge on any atom is 0.416 e. The van der Waals surface area contributed by atoms with Crippen LogP contribution < -0.4 is 0 Å². The molecule has 0 fully saturated rings. The highest BCUT2D eigenvalue weighted by Gasteiger charge is 2.35. The van der Waals surface area contributed by atoms with Crippen LogP contribution in [0.25, 0.3) is 0 Å². The lowest BCUT2D eigenvalue weighted by molar-refractivity contribution is -0.0897. The molecule has 0 amide bonds. The highest BCUT2D eigenvalue weighted by atomic mass is 19.4. The summed E-state index contributed by atoms with van der Waals surface area (Å²) in [6, 6.07) is 0. The lowest BCUT2D eigenvalue weighted by atomic mass is 10.00. The van der Waals surface area contributed by atoms with E-state index in [2.05, 4.69) is 6.58 Å². The zero-order valence-corrected chi connectivity index (χ0v) is 7.84. The minimum Gasteiger partial charge on any atom is -0.305 e. The van der Waals surface area contributed by atoms with E-state index in [1.807, 2.05) is 0 Å². The van der Waals surface area contributed by atoms with E-state index in [1.165, 1.54) is 20.8 Å². The third kappa shape index (κ3) is 3.05. The molecule has 0 saturated carbocycles. The van der Waals surface area contributed by atoms with E-state index >= 15 is 0 Å². The molecule has 0 aromatic rings. The predicted octanol–water partition coefficient (Wildman–Crippen LogP) is 3.48. The fourth-order valence-corrected chi connectivity index (χ4v) is 0.962. The van der Waals surface area contributed by atoms with Crippen molar-refractivity contribution in [1.82, 2.24) is 0 Å². The quantitative estimate of drug-likeness (QED) is 0.510. The monoisotopic (exact) mass is 191 g/mol. The molecular weight excluding hydrogens is 179 g/mol. The number of alkyl halides is 3. The average molecular weight is 191 g/mol. The lowest BCUT2D eigenvalue weighted by Gasteiger charge is -2.14. The molecule has 0 aromatic carbocycles. The topological polar surface area (TPSA) is 23.9 Å². The van der Waals surface area contributed by atoms with Gasteiger partial charge < -0.3 is 5.41 Å². The molecule has 13 heavy (non-hydrogen) atoms. The summed E-state index contributed by atoms with van der Waals surface area (Å²) in [5.41, 5.74) is -1.01. The normalized spacial score (nSPS) is 13.7. The van der Waals surface area contributed by atoms with Crippen LogP contribution in [-0.4, -0.2) is 11.9 Å². The maximum absolute atomic E-state index is 12.4. The summed E-state index contributed by atoms with van der Waals surface area (Å²) in [5, 5.41) is 7.11. The van der Waals surface area contributed by atoms with E-state index in [-0.39, 0.29) is 16.9 Å². The van der Waals surface area contributed by atoms with Gasteiger partial charge in [0.1, 0.15) is 0 Å². The second-order valence-electron chi connectivity index (χ2n) is 2.90. The van der Waals surface area contributed by atoms with Gasteiger partial charge in [0.05, 0.1) is 5.57 Å². The molecule has 0 aliphatic heterocycles. The van der Waals surface area contributed by atoms with Crippen molar-refractivity contribution < 1.29 is 13.2 Å². The summed E-state index contributed by atoms with van der Waals surface area (Å²) in [6.45, 7) is 7.14. The molecule has 0 aromatic heterocycles. The van der Waals surface area contributed by atoms with E-state index < -0.39 is 11.7 Å². The van der Waals surface area contributed by atoms with Crippen LogP contribution in [0, 0.1) is 5.41 Å². The molecule has 4 heteroatoms. The summed E-state index contributed by atoms with van der Waals surface area (Å²) < 4.78 is 37.1. The van der Waals surface area contributed by atoms with Gasteiger partial charge in [0, 0.05) is 5.71 Å². The van der Waals surface area contributed by atoms with Crippen molar-refractivity contribution in [3.05, 3.63) is 23.3 Å². The van der Waals surface area contributed by atoms with Crippen LogP contribution >= 0.6 is 0 Å². The van der Waals surface area contributed by atoms with Crippen LogP contribution in [0.3, 0.4) is 0 Å². The smallest absolute Gasteiger partial charge is 0.305 e. The highest BCUT2D eigenvalue weighted by molar-refractivity contribution is 5.96. The summed E-state index contributed by atoms with van der Waals surface area (Å²) in [7, 11) is 0. The average Bonchev–Trinajstić information content (AvgIpc) is 1.82. The molecule has 0 atom stereocenters. The number of hydrogen-bond donors (Lipinski definition) is 1. The second-order valence-corrected chi connectivity index (χ2v) is 2.90. The van der Waals surface area contributed by atoms with Gasteiger partial charge in [0.2, 0.25) is 0 Å². The van der Waals surface area contributed by atoms with Crippen molar-refractivity contribution in [2.75, 3.05) is 0 Å². The number of rotatable bonds is 2. The lowest BCUT2D eigenvalue weighted by Crippen LogP contribution is -2.16. The summed E-state index contributed by atoms with van der Waals surface area (Å²) in [6.07, 6.45) is -4.42. The van der Waals surface area contributed by atoms with Crippen molar-refractivity contribution in [2.45, 2.75) is 26.9 Å². The molecule has 0 rings (SSSR count). The first-order chi connectivity index (χ1) is 5.68. The predicted molar refractivity (Wildman–Crippen MR) is 47.0 cm³/mol. The molecule has 0 heterocycles. The van der Waals surface area contributed by atoms with Gasteiger partial charge in [0.25, 0.3) is 0 Å².